The summed E-state index contributed by atoms with van der Waals surface area (Å²) in [5, 5.41) is 7.59. The molecule has 0 saturated heterocycles. The molecule has 0 aromatic carbocycles. The molecule has 0 aliphatic rings. The van der Waals surface area contributed by atoms with Crippen molar-refractivity contribution in [2.45, 2.75) is 19.8 Å². The molecule has 0 aliphatic carbocycles. The summed E-state index contributed by atoms with van der Waals surface area (Å²) in [5.74, 6) is 0.467. The van der Waals surface area contributed by atoms with E-state index in [2.05, 4.69) is 41.2 Å². The molecule has 0 radical (unpaired) electrons. The van der Waals surface area contributed by atoms with Crippen LogP contribution in [0.15, 0.2) is 36.8 Å². The van der Waals surface area contributed by atoms with E-state index in [-0.39, 0.29) is 0 Å². The molecule has 2 aromatic heterocycles. The first-order chi connectivity index (χ1) is 7.27. The number of nitrogens with zero attached hydrogens (tertiary/aromatic N) is 3. The van der Waals surface area contributed by atoms with E-state index in [0.717, 1.165) is 16.8 Å². The van der Waals surface area contributed by atoms with Crippen LogP contribution >= 0.6 is 0 Å². The van der Waals surface area contributed by atoms with Gasteiger partial charge in [-0.3, -0.25) is 4.98 Å². The summed E-state index contributed by atoms with van der Waals surface area (Å²) >= 11 is 0. The molecular formula is C12H13N3. The third-order valence-corrected chi connectivity index (χ3v) is 2.30. The number of hydrogen-bond donors (Lipinski definition) is 0. The number of rotatable bonds is 2. The lowest BCUT2D eigenvalue weighted by Gasteiger charge is -2.05. The molecule has 2 rings (SSSR count). The SMILES string of the molecule is CC(C)c1ccc(-c2ccnnc2)cn1. The largest absolute Gasteiger partial charge is 0.260 e. The average Bonchev–Trinajstić information content (AvgIpc) is 2.30. The summed E-state index contributed by atoms with van der Waals surface area (Å²) in [6, 6.07) is 6.05. The Bertz CT molecular complexity index is 420. The van der Waals surface area contributed by atoms with Crippen molar-refractivity contribution in [2.75, 3.05) is 0 Å². The lowest BCUT2D eigenvalue weighted by Crippen LogP contribution is -1.92. The highest BCUT2D eigenvalue weighted by Gasteiger charge is 2.01. The van der Waals surface area contributed by atoms with Gasteiger partial charge in [0.05, 0.1) is 12.4 Å². The van der Waals surface area contributed by atoms with Gasteiger partial charge in [0.25, 0.3) is 0 Å². The summed E-state index contributed by atoms with van der Waals surface area (Å²) in [4.78, 5) is 4.41. The van der Waals surface area contributed by atoms with Crippen LogP contribution in [0.2, 0.25) is 0 Å². The van der Waals surface area contributed by atoms with Crippen molar-refractivity contribution in [3.63, 3.8) is 0 Å². The summed E-state index contributed by atoms with van der Waals surface area (Å²) in [5.41, 5.74) is 3.24. The van der Waals surface area contributed by atoms with Crippen molar-refractivity contribution in [1.82, 2.24) is 15.2 Å². The van der Waals surface area contributed by atoms with E-state index >= 15 is 0 Å². The molecule has 15 heavy (non-hydrogen) atoms. The molecule has 2 heterocycles. The van der Waals surface area contributed by atoms with Crippen LogP contribution in [0.3, 0.4) is 0 Å². The molecule has 0 saturated carbocycles. The molecule has 3 heteroatoms. The van der Waals surface area contributed by atoms with Gasteiger partial charge < -0.3 is 0 Å². The van der Waals surface area contributed by atoms with Gasteiger partial charge in [0.2, 0.25) is 0 Å². The summed E-state index contributed by atoms with van der Waals surface area (Å²) in [7, 11) is 0. The third-order valence-electron chi connectivity index (χ3n) is 2.30. The highest BCUT2D eigenvalue weighted by atomic mass is 15.1. The zero-order chi connectivity index (χ0) is 10.7. The molecule has 0 fully saturated rings. The maximum Gasteiger partial charge on any atom is 0.0575 e. The monoisotopic (exact) mass is 199 g/mol. The number of hydrogen-bond acceptors (Lipinski definition) is 3. The molecule has 0 bridgehead atoms. The van der Waals surface area contributed by atoms with E-state index in [0.29, 0.717) is 5.92 Å². The number of pyridine rings is 1. The first-order valence-corrected chi connectivity index (χ1v) is 5.00. The topological polar surface area (TPSA) is 38.7 Å². The Kier molecular flexibility index (Phi) is 2.72. The zero-order valence-electron chi connectivity index (χ0n) is 8.88. The summed E-state index contributed by atoms with van der Waals surface area (Å²) in [6.07, 6.45) is 5.31. The second-order valence-electron chi connectivity index (χ2n) is 3.76. The van der Waals surface area contributed by atoms with Crippen LogP contribution in [0.25, 0.3) is 11.1 Å². The van der Waals surface area contributed by atoms with Crippen LogP contribution in [-0.4, -0.2) is 15.2 Å². The predicted molar refractivity (Wildman–Crippen MR) is 59.4 cm³/mol. The fourth-order valence-corrected chi connectivity index (χ4v) is 1.38. The molecule has 2 aromatic rings. The van der Waals surface area contributed by atoms with Gasteiger partial charge in [-0.15, -0.1) is 0 Å². The van der Waals surface area contributed by atoms with Crippen molar-refractivity contribution < 1.29 is 0 Å². The molecular weight excluding hydrogens is 186 g/mol. The molecule has 76 valence electrons. The van der Waals surface area contributed by atoms with Gasteiger partial charge in [0.1, 0.15) is 0 Å². The van der Waals surface area contributed by atoms with Gasteiger partial charge in [0, 0.05) is 23.0 Å². The Labute approximate surface area is 89.2 Å². The zero-order valence-corrected chi connectivity index (χ0v) is 8.88. The fourth-order valence-electron chi connectivity index (χ4n) is 1.38. The van der Waals surface area contributed by atoms with Crippen LogP contribution in [0.1, 0.15) is 25.5 Å². The van der Waals surface area contributed by atoms with Crippen molar-refractivity contribution >= 4 is 0 Å². The van der Waals surface area contributed by atoms with Crippen molar-refractivity contribution in [1.29, 1.82) is 0 Å². The smallest absolute Gasteiger partial charge is 0.0575 e. The summed E-state index contributed by atoms with van der Waals surface area (Å²) < 4.78 is 0. The van der Waals surface area contributed by atoms with E-state index in [1.807, 2.05) is 12.3 Å². The van der Waals surface area contributed by atoms with Crippen LogP contribution in [-0.2, 0) is 0 Å². The highest BCUT2D eigenvalue weighted by molar-refractivity contribution is 5.60. The molecule has 0 spiro atoms. The fraction of sp³-hybridized carbons (Fsp3) is 0.250. The van der Waals surface area contributed by atoms with E-state index in [1.165, 1.54) is 0 Å². The van der Waals surface area contributed by atoms with Crippen LogP contribution < -0.4 is 0 Å². The maximum atomic E-state index is 4.41. The molecule has 0 atom stereocenters. The molecule has 0 unspecified atom stereocenters. The lowest BCUT2D eigenvalue weighted by atomic mass is 10.1. The highest BCUT2D eigenvalue weighted by Crippen LogP contribution is 2.18. The molecule has 0 N–H and O–H groups in total. The second-order valence-corrected chi connectivity index (χ2v) is 3.76. The maximum absolute atomic E-state index is 4.41. The predicted octanol–water partition coefficient (Wildman–Crippen LogP) is 2.66. The Morgan fingerprint density at radius 3 is 2.27 bits per heavy atom. The van der Waals surface area contributed by atoms with Gasteiger partial charge in [-0.25, -0.2) is 0 Å². The van der Waals surface area contributed by atoms with Crippen molar-refractivity contribution in [3.8, 4) is 11.1 Å². The Morgan fingerprint density at radius 2 is 1.73 bits per heavy atom. The van der Waals surface area contributed by atoms with Gasteiger partial charge in [-0.05, 0) is 18.1 Å². The van der Waals surface area contributed by atoms with E-state index < -0.39 is 0 Å². The summed E-state index contributed by atoms with van der Waals surface area (Å²) in [6.45, 7) is 4.27. The minimum absolute atomic E-state index is 0.467. The van der Waals surface area contributed by atoms with Crippen molar-refractivity contribution in [2.24, 2.45) is 0 Å². The minimum Gasteiger partial charge on any atom is -0.260 e. The molecule has 0 amide bonds. The lowest BCUT2D eigenvalue weighted by molar-refractivity contribution is 0.823. The van der Waals surface area contributed by atoms with Crippen LogP contribution in [0.4, 0.5) is 0 Å². The first-order valence-electron chi connectivity index (χ1n) is 5.00. The van der Waals surface area contributed by atoms with Crippen molar-refractivity contribution in [3.05, 3.63) is 42.5 Å². The first kappa shape index (κ1) is 9.77. The Morgan fingerprint density at radius 1 is 0.933 bits per heavy atom. The van der Waals surface area contributed by atoms with Gasteiger partial charge in [-0.2, -0.15) is 10.2 Å². The molecule has 3 nitrogen and oxygen atoms in total. The molecule has 0 aliphatic heterocycles. The van der Waals surface area contributed by atoms with Crippen LogP contribution in [0.5, 0.6) is 0 Å². The minimum atomic E-state index is 0.467. The van der Waals surface area contributed by atoms with Gasteiger partial charge in [0.15, 0.2) is 0 Å². The third kappa shape index (κ3) is 2.18. The van der Waals surface area contributed by atoms with E-state index in [4.69, 9.17) is 0 Å². The normalized spacial score (nSPS) is 10.6. The van der Waals surface area contributed by atoms with Gasteiger partial charge >= 0.3 is 0 Å². The van der Waals surface area contributed by atoms with E-state index in [1.54, 1.807) is 12.4 Å². The standard InChI is InChI=1S/C12H13N3/c1-9(2)12-4-3-10(7-13-12)11-5-6-14-15-8-11/h3-9H,1-2H3. The average molecular weight is 199 g/mol. The van der Waals surface area contributed by atoms with Gasteiger partial charge in [-0.1, -0.05) is 19.9 Å². The number of aromatic nitrogens is 3. The van der Waals surface area contributed by atoms with E-state index in [9.17, 15) is 0 Å². The Hall–Kier alpha value is -1.77. The van der Waals surface area contributed by atoms with Crippen LogP contribution in [0, 0.1) is 0 Å². The second kappa shape index (κ2) is 4.17. The quantitative estimate of drug-likeness (QED) is 0.746. The Balaban J connectivity index is 2.32.